The van der Waals surface area contributed by atoms with Gasteiger partial charge in [0.05, 0.1) is 30.4 Å². The Morgan fingerprint density at radius 1 is 1.04 bits per heavy atom. The third kappa shape index (κ3) is 5.75. The number of nitrogens with one attached hydrogen (secondary N) is 1. The molecule has 140 valence electrons. The van der Waals surface area contributed by atoms with Gasteiger partial charge in [-0.2, -0.15) is 5.26 Å². The van der Waals surface area contributed by atoms with Gasteiger partial charge in [0.25, 0.3) is 5.91 Å². The average molecular weight is 368 g/mol. The Morgan fingerprint density at radius 2 is 1.78 bits per heavy atom. The van der Waals surface area contributed by atoms with Crippen molar-refractivity contribution in [1.29, 1.82) is 5.26 Å². The number of esters is 1. The zero-order valence-corrected chi connectivity index (χ0v) is 15.2. The summed E-state index contributed by atoms with van der Waals surface area (Å²) >= 11 is 0. The Hall–Kier alpha value is -3.53. The van der Waals surface area contributed by atoms with Gasteiger partial charge < -0.3 is 19.5 Å². The topological polar surface area (TPSA) is 97.6 Å². The number of carbonyl (C=O) groups is 2. The second-order valence-electron chi connectivity index (χ2n) is 5.34. The molecule has 2 aromatic rings. The van der Waals surface area contributed by atoms with Crippen LogP contribution in [0.2, 0.25) is 0 Å². The maximum atomic E-state index is 12.2. The van der Waals surface area contributed by atoms with Gasteiger partial charge in [-0.3, -0.25) is 4.79 Å². The second-order valence-corrected chi connectivity index (χ2v) is 5.34. The first-order valence-corrected chi connectivity index (χ1v) is 8.44. The molecule has 0 aliphatic heterocycles. The number of anilines is 1. The molecule has 7 heteroatoms. The van der Waals surface area contributed by atoms with Gasteiger partial charge in [0.2, 0.25) is 0 Å². The van der Waals surface area contributed by atoms with Gasteiger partial charge in [0.15, 0.2) is 18.1 Å². The standard InChI is InChI=1S/C20H20N2O5/c1-3-25-17-9-8-15(11-18(17)26-4-2)20(24)27-13-19(23)22-16-7-5-6-14(10-16)12-21/h5-11H,3-4,13H2,1-2H3,(H,22,23). The Kier molecular flexibility index (Phi) is 7.20. The van der Waals surface area contributed by atoms with Gasteiger partial charge in [-0.15, -0.1) is 0 Å². The highest BCUT2D eigenvalue weighted by molar-refractivity contribution is 5.95. The van der Waals surface area contributed by atoms with Gasteiger partial charge >= 0.3 is 5.97 Å². The molecule has 0 saturated heterocycles. The molecule has 0 fully saturated rings. The van der Waals surface area contributed by atoms with Crippen LogP contribution in [0.1, 0.15) is 29.8 Å². The summed E-state index contributed by atoms with van der Waals surface area (Å²) < 4.78 is 16.0. The van der Waals surface area contributed by atoms with Gasteiger partial charge in [-0.1, -0.05) is 6.07 Å². The van der Waals surface area contributed by atoms with Crippen LogP contribution in [-0.2, 0) is 9.53 Å². The van der Waals surface area contributed by atoms with Crippen molar-refractivity contribution in [1.82, 2.24) is 0 Å². The SMILES string of the molecule is CCOc1ccc(C(=O)OCC(=O)Nc2cccc(C#N)c2)cc1OCC. The van der Waals surface area contributed by atoms with E-state index in [1.807, 2.05) is 19.9 Å². The van der Waals surface area contributed by atoms with Crippen LogP contribution in [0.15, 0.2) is 42.5 Å². The zero-order chi connectivity index (χ0) is 19.6. The number of amides is 1. The molecule has 0 saturated carbocycles. The summed E-state index contributed by atoms with van der Waals surface area (Å²) in [5, 5.41) is 11.4. The smallest absolute Gasteiger partial charge is 0.338 e. The summed E-state index contributed by atoms with van der Waals surface area (Å²) in [6, 6.07) is 13.1. The van der Waals surface area contributed by atoms with E-state index in [0.29, 0.717) is 36.0 Å². The molecule has 0 aromatic heterocycles. The third-order valence-corrected chi connectivity index (χ3v) is 3.39. The lowest BCUT2D eigenvalue weighted by Crippen LogP contribution is -2.21. The number of rotatable bonds is 8. The Morgan fingerprint density at radius 3 is 2.48 bits per heavy atom. The fraction of sp³-hybridized carbons (Fsp3) is 0.250. The predicted octanol–water partition coefficient (Wildman–Crippen LogP) is 3.15. The molecule has 0 aliphatic rings. The first-order valence-electron chi connectivity index (χ1n) is 8.44. The van der Waals surface area contributed by atoms with E-state index in [1.165, 1.54) is 12.1 Å². The fourth-order valence-corrected chi connectivity index (χ4v) is 2.26. The Bertz CT molecular complexity index is 858. The molecule has 0 atom stereocenters. The number of carbonyl (C=O) groups excluding carboxylic acids is 2. The summed E-state index contributed by atoms with van der Waals surface area (Å²) in [5.74, 6) is -0.188. The second kappa shape index (κ2) is 9.82. The van der Waals surface area contributed by atoms with Crippen LogP contribution in [-0.4, -0.2) is 31.7 Å². The lowest BCUT2D eigenvalue weighted by molar-refractivity contribution is -0.119. The molecule has 1 amide bonds. The third-order valence-electron chi connectivity index (χ3n) is 3.39. The number of benzene rings is 2. The lowest BCUT2D eigenvalue weighted by atomic mass is 10.2. The van der Waals surface area contributed by atoms with Crippen molar-refractivity contribution in [3.63, 3.8) is 0 Å². The van der Waals surface area contributed by atoms with Gasteiger partial charge in [0, 0.05) is 5.69 Å². The van der Waals surface area contributed by atoms with Crippen LogP contribution in [0.4, 0.5) is 5.69 Å². The van der Waals surface area contributed by atoms with Crippen molar-refractivity contribution in [2.24, 2.45) is 0 Å². The lowest BCUT2D eigenvalue weighted by Gasteiger charge is -2.12. The molecule has 7 nitrogen and oxygen atoms in total. The van der Waals surface area contributed by atoms with E-state index in [4.69, 9.17) is 19.5 Å². The monoisotopic (exact) mass is 368 g/mol. The molecular formula is C20H20N2O5. The minimum atomic E-state index is -0.653. The van der Waals surface area contributed by atoms with Crippen LogP contribution in [0.25, 0.3) is 0 Å². The minimum Gasteiger partial charge on any atom is -0.490 e. The van der Waals surface area contributed by atoms with E-state index in [2.05, 4.69) is 5.32 Å². The average Bonchev–Trinajstić information content (AvgIpc) is 2.68. The molecule has 1 N–H and O–H groups in total. The Balaban J connectivity index is 1.97. The highest BCUT2D eigenvalue weighted by Gasteiger charge is 2.14. The number of nitriles is 1. The molecular weight excluding hydrogens is 348 g/mol. The number of ether oxygens (including phenoxy) is 3. The predicted molar refractivity (Wildman–Crippen MR) is 98.8 cm³/mol. The first-order chi connectivity index (χ1) is 13.1. The van der Waals surface area contributed by atoms with Gasteiger partial charge in [-0.25, -0.2) is 4.79 Å². The van der Waals surface area contributed by atoms with E-state index < -0.39 is 18.5 Å². The number of hydrogen-bond donors (Lipinski definition) is 1. The number of hydrogen-bond acceptors (Lipinski definition) is 6. The quantitative estimate of drug-likeness (QED) is 0.719. The van der Waals surface area contributed by atoms with Crippen molar-refractivity contribution in [2.45, 2.75) is 13.8 Å². The summed E-state index contributed by atoms with van der Waals surface area (Å²) in [7, 11) is 0. The first kappa shape index (κ1) is 19.8. The zero-order valence-electron chi connectivity index (χ0n) is 15.2. The molecule has 0 unspecified atom stereocenters. The van der Waals surface area contributed by atoms with Crippen molar-refractivity contribution >= 4 is 17.6 Å². The van der Waals surface area contributed by atoms with Gasteiger partial charge in [-0.05, 0) is 50.2 Å². The number of nitrogens with zero attached hydrogens (tertiary/aromatic N) is 1. The highest BCUT2D eigenvalue weighted by Crippen LogP contribution is 2.28. The van der Waals surface area contributed by atoms with Crippen LogP contribution in [0.3, 0.4) is 0 Å². The molecule has 2 rings (SSSR count). The normalized spacial score (nSPS) is 9.81. The molecule has 0 spiro atoms. The fourth-order valence-electron chi connectivity index (χ4n) is 2.26. The van der Waals surface area contributed by atoms with Crippen molar-refractivity contribution in [2.75, 3.05) is 25.1 Å². The molecule has 0 heterocycles. The summed E-state index contributed by atoms with van der Waals surface area (Å²) in [6.45, 7) is 4.11. The van der Waals surface area contributed by atoms with E-state index in [9.17, 15) is 9.59 Å². The highest BCUT2D eigenvalue weighted by atomic mass is 16.5. The van der Waals surface area contributed by atoms with Crippen molar-refractivity contribution in [3.8, 4) is 17.6 Å². The van der Waals surface area contributed by atoms with Gasteiger partial charge in [0.1, 0.15) is 0 Å². The summed E-state index contributed by atoms with van der Waals surface area (Å²) in [6.07, 6.45) is 0. The molecule has 27 heavy (non-hydrogen) atoms. The van der Waals surface area contributed by atoms with Crippen molar-refractivity contribution in [3.05, 3.63) is 53.6 Å². The molecule has 2 aromatic carbocycles. The molecule has 0 bridgehead atoms. The van der Waals surface area contributed by atoms with Crippen molar-refractivity contribution < 1.29 is 23.8 Å². The summed E-state index contributed by atoms with van der Waals surface area (Å²) in [4.78, 5) is 24.1. The molecule has 0 radical (unpaired) electrons. The Labute approximate surface area is 157 Å². The van der Waals surface area contributed by atoms with Crippen LogP contribution >= 0.6 is 0 Å². The molecule has 0 aliphatic carbocycles. The largest absolute Gasteiger partial charge is 0.490 e. The van der Waals surface area contributed by atoms with E-state index in [0.717, 1.165) is 0 Å². The van der Waals surface area contributed by atoms with Crippen LogP contribution < -0.4 is 14.8 Å². The van der Waals surface area contributed by atoms with E-state index in [1.54, 1.807) is 30.3 Å². The van der Waals surface area contributed by atoms with E-state index in [-0.39, 0.29) is 5.56 Å². The maximum Gasteiger partial charge on any atom is 0.338 e. The minimum absolute atomic E-state index is 0.251. The summed E-state index contributed by atoms with van der Waals surface area (Å²) in [5.41, 5.74) is 1.12. The maximum absolute atomic E-state index is 12.2. The van der Waals surface area contributed by atoms with Crippen LogP contribution in [0.5, 0.6) is 11.5 Å². The van der Waals surface area contributed by atoms with Crippen LogP contribution in [0, 0.1) is 11.3 Å². The van der Waals surface area contributed by atoms with E-state index >= 15 is 0 Å².